The summed E-state index contributed by atoms with van der Waals surface area (Å²) in [6, 6.07) is 10.5. The summed E-state index contributed by atoms with van der Waals surface area (Å²) in [5, 5.41) is 5.35. The molecule has 0 saturated heterocycles. The molecule has 6 nitrogen and oxygen atoms in total. The molecule has 0 atom stereocenters. The summed E-state index contributed by atoms with van der Waals surface area (Å²) in [6.45, 7) is 0. The van der Waals surface area contributed by atoms with Crippen molar-refractivity contribution in [2.24, 2.45) is 5.73 Å². The first-order chi connectivity index (χ1) is 13.7. The molecule has 3 rings (SSSR count). The Labute approximate surface area is 167 Å². The standard InChI is InChI=1S/C19H15F3N4O2S/c20-19(21,22)13-3-1-2-11(8-13)9-15-10-24-18(29-15)26-16(27)12-4-6-14(7-5-12)25-17(23)28/h1-8,10H,9H2,(H3,23,25,28)(H,24,26,27). The first kappa shape index (κ1) is 20.3. The number of urea groups is 1. The van der Waals surface area contributed by atoms with Crippen molar-refractivity contribution in [3.05, 3.63) is 76.3 Å². The van der Waals surface area contributed by atoms with Crippen LogP contribution >= 0.6 is 11.3 Å². The number of rotatable bonds is 5. The van der Waals surface area contributed by atoms with Gasteiger partial charge >= 0.3 is 12.2 Å². The molecule has 0 unspecified atom stereocenters. The van der Waals surface area contributed by atoms with Crippen LogP contribution in [0.15, 0.2) is 54.7 Å². The van der Waals surface area contributed by atoms with Crippen LogP contribution in [-0.2, 0) is 12.6 Å². The van der Waals surface area contributed by atoms with E-state index in [2.05, 4.69) is 15.6 Å². The maximum Gasteiger partial charge on any atom is 0.416 e. The Morgan fingerprint density at radius 1 is 1.07 bits per heavy atom. The number of carbonyl (C=O) groups excluding carboxylic acids is 2. The average molecular weight is 420 g/mol. The zero-order valence-corrected chi connectivity index (χ0v) is 15.6. The number of hydrogen-bond acceptors (Lipinski definition) is 4. The number of anilines is 2. The molecule has 1 aromatic heterocycles. The Bertz CT molecular complexity index is 1030. The Morgan fingerprint density at radius 3 is 2.45 bits per heavy atom. The van der Waals surface area contributed by atoms with Crippen LogP contribution in [0.2, 0.25) is 0 Å². The Kier molecular flexibility index (Phi) is 5.83. The molecule has 0 aliphatic rings. The smallest absolute Gasteiger partial charge is 0.351 e. The molecule has 0 aliphatic carbocycles. The van der Waals surface area contributed by atoms with Gasteiger partial charge in [0.2, 0.25) is 0 Å². The van der Waals surface area contributed by atoms with Crippen molar-refractivity contribution in [3.8, 4) is 0 Å². The molecule has 2 aromatic carbocycles. The number of nitrogens with two attached hydrogens (primary N) is 1. The van der Waals surface area contributed by atoms with Gasteiger partial charge in [0.1, 0.15) is 0 Å². The largest absolute Gasteiger partial charge is 0.416 e. The molecule has 3 amide bonds. The lowest BCUT2D eigenvalue weighted by molar-refractivity contribution is -0.137. The number of alkyl halides is 3. The summed E-state index contributed by atoms with van der Waals surface area (Å²) in [5.74, 6) is -0.407. The normalized spacial score (nSPS) is 11.1. The molecule has 4 N–H and O–H groups in total. The van der Waals surface area contributed by atoms with Crippen molar-refractivity contribution in [1.29, 1.82) is 0 Å². The molecule has 150 valence electrons. The van der Waals surface area contributed by atoms with Crippen LogP contribution in [0.5, 0.6) is 0 Å². The van der Waals surface area contributed by atoms with Gasteiger partial charge in [0.25, 0.3) is 5.91 Å². The minimum Gasteiger partial charge on any atom is -0.351 e. The van der Waals surface area contributed by atoms with Crippen LogP contribution in [0.25, 0.3) is 0 Å². The first-order valence-electron chi connectivity index (χ1n) is 8.29. The number of nitrogens with one attached hydrogen (secondary N) is 2. The molecular formula is C19H15F3N4O2S. The predicted molar refractivity (Wildman–Crippen MR) is 104 cm³/mol. The monoisotopic (exact) mass is 420 g/mol. The van der Waals surface area contributed by atoms with Crippen LogP contribution in [-0.4, -0.2) is 16.9 Å². The second-order valence-electron chi connectivity index (χ2n) is 6.03. The highest BCUT2D eigenvalue weighted by molar-refractivity contribution is 7.15. The molecule has 10 heteroatoms. The third-order valence-electron chi connectivity index (χ3n) is 3.82. The molecule has 0 aliphatic heterocycles. The zero-order chi connectivity index (χ0) is 21.0. The third-order valence-corrected chi connectivity index (χ3v) is 4.73. The van der Waals surface area contributed by atoms with E-state index in [0.29, 0.717) is 26.8 Å². The fourth-order valence-electron chi connectivity index (χ4n) is 2.52. The second-order valence-corrected chi connectivity index (χ2v) is 7.14. The number of carbonyl (C=O) groups is 2. The minimum atomic E-state index is -4.40. The second kappa shape index (κ2) is 8.31. The van der Waals surface area contributed by atoms with Crippen molar-refractivity contribution >= 4 is 34.1 Å². The number of hydrogen-bond donors (Lipinski definition) is 3. The minimum absolute atomic E-state index is 0.269. The highest BCUT2D eigenvalue weighted by atomic mass is 32.1. The summed E-state index contributed by atoms with van der Waals surface area (Å²) in [7, 11) is 0. The molecule has 0 fully saturated rings. The maximum absolute atomic E-state index is 12.8. The van der Waals surface area contributed by atoms with Gasteiger partial charge in [-0.1, -0.05) is 18.2 Å². The van der Waals surface area contributed by atoms with Gasteiger partial charge in [0.05, 0.1) is 5.56 Å². The van der Waals surface area contributed by atoms with E-state index in [9.17, 15) is 22.8 Å². The number of nitrogens with zero attached hydrogens (tertiary/aromatic N) is 1. The summed E-state index contributed by atoms with van der Waals surface area (Å²) < 4.78 is 38.5. The number of halogens is 3. The van der Waals surface area contributed by atoms with Crippen LogP contribution in [0.1, 0.15) is 26.4 Å². The highest BCUT2D eigenvalue weighted by Crippen LogP contribution is 2.30. The van der Waals surface area contributed by atoms with Crippen molar-refractivity contribution in [3.63, 3.8) is 0 Å². The van der Waals surface area contributed by atoms with E-state index in [1.165, 1.54) is 47.9 Å². The Hall–Kier alpha value is -3.40. The van der Waals surface area contributed by atoms with Gasteiger partial charge in [-0.2, -0.15) is 13.2 Å². The van der Waals surface area contributed by atoms with E-state index in [-0.39, 0.29) is 6.42 Å². The lowest BCUT2D eigenvalue weighted by Gasteiger charge is -2.07. The molecule has 0 spiro atoms. The third kappa shape index (κ3) is 5.55. The molecule has 0 bridgehead atoms. The van der Waals surface area contributed by atoms with Gasteiger partial charge in [-0.15, -0.1) is 11.3 Å². The van der Waals surface area contributed by atoms with E-state index in [1.54, 1.807) is 6.07 Å². The average Bonchev–Trinajstić information content (AvgIpc) is 3.08. The van der Waals surface area contributed by atoms with E-state index >= 15 is 0 Å². The first-order valence-corrected chi connectivity index (χ1v) is 9.11. The van der Waals surface area contributed by atoms with Gasteiger partial charge in [0, 0.05) is 28.7 Å². The molecule has 3 aromatic rings. The summed E-state index contributed by atoms with van der Waals surface area (Å²) in [4.78, 5) is 27.9. The summed E-state index contributed by atoms with van der Waals surface area (Å²) in [5.41, 5.74) is 5.61. The van der Waals surface area contributed by atoms with Crippen LogP contribution in [0, 0.1) is 0 Å². The van der Waals surface area contributed by atoms with Crippen LogP contribution < -0.4 is 16.4 Å². The topological polar surface area (TPSA) is 97.1 Å². The van der Waals surface area contributed by atoms with E-state index in [4.69, 9.17) is 5.73 Å². The van der Waals surface area contributed by atoms with Gasteiger partial charge in [-0.3, -0.25) is 10.1 Å². The number of aromatic nitrogens is 1. The van der Waals surface area contributed by atoms with E-state index in [0.717, 1.165) is 12.1 Å². The lowest BCUT2D eigenvalue weighted by atomic mass is 10.1. The summed E-state index contributed by atoms with van der Waals surface area (Å²) >= 11 is 1.18. The van der Waals surface area contributed by atoms with Gasteiger partial charge in [0.15, 0.2) is 5.13 Å². The highest BCUT2D eigenvalue weighted by Gasteiger charge is 2.30. The number of amides is 3. The Morgan fingerprint density at radius 2 is 1.79 bits per heavy atom. The van der Waals surface area contributed by atoms with Gasteiger partial charge in [-0.25, -0.2) is 9.78 Å². The quantitative estimate of drug-likeness (QED) is 0.567. The molecular weight excluding hydrogens is 405 g/mol. The molecule has 29 heavy (non-hydrogen) atoms. The maximum atomic E-state index is 12.8. The van der Waals surface area contributed by atoms with Crippen molar-refractivity contribution < 1.29 is 22.8 Å². The summed E-state index contributed by atoms with van der Waals surface area (Å²) in [6.07, 6.45) is -2.61. The predicted octanol–water partition coefficient (Wildman–Crippen LogP) is 4.50. The fourth-order valence-corrected chi connectivity index (χ4v) is 3.36. The number of benzene rings is 2. The number of primary amides is 1. The fraction of sp³-hybridized carbons (Fsp3) is 0.105. The lowest BCUT2D eigenvalue weighted by Crippen LogP contribution is -2.19. The molecule has 0 radical (unpaired) electrons. The van der Waals surface area contributed by atoms with E-state index in [1.807, 2.05) is 0 Å². The van der Waals surface area contributed by atoms with Crippen molar-refractivity contribution in [2.75, 3.05) is 10.6 Å². The van der Waals surface area contributed by atoms with Crippen LogP contribution in [0.3, 0.4) is 0 Å². The van der Waals surface area contributed by atoms with Gasteiger partial charge in [-0.05, 0) is 35.9 Å². The van der Waals surface area contributed by atoms with Gasteiger partial charge < -0.3 is 11.1 Å². The molecule has 1 heterocycles. The molecule has 0 saturated carbocycles. The van der Waals surface area contributed by atoms with E-state index < -0.39 is 23.7 Å². The Balaban J connectivity index is 1.64. The van der Waals surface area contributed by atoms with Crippen molar-refractivity contribution in [1.82, 2.24) is 4.98 Å². The van der Waals surface area contributed by atoms with Crippen LogP contribution in [0.4, 0.5) is 28.8 Å². The van der Waals surface area contributed by atoms with Crippen molar-refractivity contribution in [2.45, 2.75) is 12.6 Å². The SMILES string of the molecule is NC(=O)Nc1ccc(C(=O)Nc2ncc(Cc3cccc(C(F)(F)F)c3)s2)cc1. The zero-order valence-electron chi connectivity index (χ0n) is 14.8. The number of thiazole rings is 1.